The van der Waals surface area contributed by atoms with Crippen molar-refractivity contribution < 1.29 is 24.0 Å². The van der Waals surface area contributed by atoms with Crippen molar-refractivity contribution in [2.24, 2.45) is 11.8 Å². The van der Waals surface area contributed by atoms with Gasteiger partial charge in [0.1, 0.15) is 6.04 Å². The second-order valence-electron chi connectivity index (χ2n) is 10.3. The standard InChI is InChI=1S/C28H45N5O5/c1-20(2)11-7-5-10-14-24(34)30-17-25(35)31-19-27(37)33-23(15-22-12-8-6-9-13-22)28(38)32-18-26(36)29-16-21(3)4/h6,8-9,12-13,20-21,23H,5,7,10-11,14-19H2,1-4H3,(H,29,36)(H,30,34)(H,31,35)(H,32,38)(H,33,37). The van der Waals surface area contributed by atoms with Gasteiger partial charge in [-0.2, -0.15) is 0 Å². The number of benzene rings is 1. The average molecular weight is 532 g/mol. The first-order valence-corrected chi connectivity index (χ1v) is 13.5. The maximum Gasteiger partial charge on any atom is 0.243 e. The van der Waals surface area contributed by atoms with Gasteiger partial charge in [-0.3, -0.25) is 24.0 Å². The highest BCUT2D eigenvalue weighted by molar-refractivity contribution is 5.92. The van der Waals surface area contributed by atoms with Gasteiger partial charge in [-0.15, -0.1) is 0 Å². The molecule has 5 N–H and O–H groups in total. The number of rotatable bonds is 18. The van der Waals surface area contributed by atoms with Crippen LogP contribution in [0.25, 0.3) is 0 Å². The Balaban J connectivity index is 2.47. The molecule has 212 valence electrons. The molecule has 0 bridgehead atoms. The Labute approximate surface area is 226 Å². The van der Waals surface area contributed by atoms with Gasteiger partial charge in [0.2, 0.25) is 29.5 Å². The fourth-order valence-corrected chi connectivity index (χ4v) is 3.50. The summed E-state index contributed by atoms with van der Waals surface area (Å²) in [5.41, 5.74) is 0.827. The van der Waals surface area contributed by atoms with Crippen LogP contribution in [0.4, 0.5) is 0 Å². The van der Waals surface area contributed by atoms with E-state index in [0.29, 0.717) is 18.9 Å². The molecule has 1 aromatic rings. The lowest BCUT2D eigenvalue weighted by atomic mass is 10.0. The number of carbonyl (C=O) groups is 5. The Morgan fingerprint density at radius 2 is 1.26 bits per heavy atom. The molecule has 5 amide bonds. The molecule has 0 aromatic heterocycles. The molecule has 0 heterocycles. The highest BCUT2D eigenvalue weighted by Crippen LogP contribution is 2.09. The molecule has 0 aliphatic rings. The lowest BCUT2D eigenvalue weighted by Gasteiger charge is -2.19. The largest absolute Gasteiger partial charge is 0.354 e. The molecule has 10 nitrogen and oxygen atoms in total. The first-order chi connectivity index (χ1) is 18.1. The van der Waals surface area contributed by atoms with Crippen LogP contribution in [0.15, 0.2) is 30.3 Å². The van der Waals surface area contributed by atoms with E-state index < -0.39 is 23.8 Å². The third kappa shape index (κ3) is 16.3. The Morgan fingerprint density at radius 1 is 0.658 bits per heavy atom. The second kappa shape index (κ2) is 18.8. The van der Waals surface area contributed by atoms with Crippen LogP contribution in [0.3, 0.4) is 0 Å². The molecular formula is C28H45N5O5. The summed E-state index contributed by atoms with van der Waals surface area (Å²) in [6, 6.07) is 8.22. The smallest absolute Gasteiger partial charge is 0.243 e. The van der Waals surface area contributed by atoms with E-state index in [1.165, 1.54) is 0 Å². The molecule has 1 rings (SSSR count). The minimum absolute atomic E-state index is 0.203. The van der Waals surface area contributed by atoms with Crippen molar-refractivity contribution in [1.29, 1.82) is 0 Å². The minimum Gasteiger partial charge on any atom is -0.354 e. The zero-order valence-corrected chi connectivity index (χ0v) is 23.2. The van der Waals surface area contributed by atoms with Crippen molar-refractivity contribution in [2.45, 2.75) is 72.3 Å². The highest BCUT2D eigenvalue weighted by atomic mass is 16.2. The van der Waals surface area contributed by atoms with Gasteiger partial charge < -0.3 is 26.6 Å². The summed E-state index contributed by atoms with van der Waals surface area (Å²) in [4.78, 5) is 61.2. The van der Waals surface area contributed by atoms with Crippen LogP contribution in [0.5, 0.6) is 0 Å². The van der Waals surface area contributed by atoms with Gasteiger partial charge in [0, 0.05) is 19.4 Å². The summed E-state index contributed by atoms with van der Waals surface area (Å²) in [7, 11) is 0. The molecule has 1 atom stereocenters. The fraction of sp³-hybridized carbons (Fsp3) is 0.607. The lowest BCUT2D eigenvalue weighted by Crippen LogP contribution is -2.52. The van der Waals surface area contributed by atoms with Crippen molar-refractivity contribution in [3.63, 3.8) is 0 Å². The summed E-state index contributed by atoms with van der Waals surface area (Å²) in [5.74, 6) is -1.16. The first kappa shape index (κ1) is 32.6. The molecule has 0 fully saturated rings. The zero-order valence-electron chi connectivity index (χ0n) is 23.2. The fourth-order valence-electron chi connectivity index (χ4n) is 3.50. The van der Waals surface area contributed by atoms with Crippen LogP contribution >= 0.6 is 0 Å². The molecule has 0 aliphatic heterocycles. The molecule has 0 saturated heterocycles. The molecule has 10 heteroatoms. The van der Waals surface area contributed by atoms with Crippen molar-refractivity contribution in [2.75, 3.05) is 26.2 Å². The number of carbonyl (C=O) groups excluding carboxylic acids is 5. The number of nitrogens with one attached hydrogen (secondary N) is 5. The van der Waals surface area contributed by atoms with E-state index in [4.69, 9.17) is 0 Å². The Kier molecular flexibility index (Phi) is 16.1. The van der Waals surface area contributed by atoms with Gasteiger partial charge in [0.15, 0.2) is 0 Å². The van der Waals surface area contributed by atoms with E-state index in [1.807, 2.05) is 44.2 Å². The van der Waals surface area contributed by atoms with Crippen LogP contribution in [-0.2, 0) is 30.4 Å². The molecule has 0 saturated carbocycles. The number of unbranched alkanes of at least 4 members (excludes halogenated alkanes) is 2. The molecular weight excluding hydrogens is 486 g/mol. The van der Waals surface area contributed by atoms with E-state index in [-0.39, 0.29) is 43.8 Å². The van der Waals surface area contributed by atoms with Crippen LogP contribution in [0, 0.1) is 11.8 Å². The van der Waals surface area contributed by atoms with Gasteiger partial charge in [0.05, 0.1) is 19.6 Å². The Morgan fingerprint density at radius 3 is 1.92 bits per heavy atom. The van der Waals surface area contributed by atoms with Crippen LogP contribution in [-0.4, -0.2) is 61.8 Å². The van der Waals surface area contributed by atoms with Gasteiger partial charge >= 0.3 is 0 Å². The first-order valence-electron chi connectivity index (χ1n) is 13.5. The Bertz CT molecular complexity index is 889. The molecule has 0 spiro atoms. The van der Waals surface area contributed by atoms with Gasteiger partial charge in [-0.05, 0) is 23.8 Å². The average Bonchev–Trinajstić information content (AvgIpc) is 2.87. The van der Waals surface area contributed by atoms with E-state index >= 15 is 0 Å². The maximum atomic E-state index is 12.8. The molecule has 0 radical (unpaired) electrons. The van der Waals surface area contributed by atoms with Crippen LogP contribution < -0.4 is 26.6 Å². The van der Waals surface area contributed by atoms with E-state index in [1.54, 1.807) is 0 Å². The van der Waals surface area contributed by atoms with Gasteiger partial charge in [-0.25, -0.2) is 0 Å². The minimum atomic E-state index is -0.935. The van der Waals surface area contributed by atoms with Crippen LogP contribution in [0.2, 0.25) is 0 Å². The summed E-state index contributed by atoms with van der Waals surface area (Å²) >= 11 is 0. The van der Waals surface area contributed by atoms with E-state index in [2.05, 4.69) is 40.4 Å². The zero-order chi connectivity index (χ0) is 28.3. The predicted octanol–water partition coefficient (Wildman–Crippen LogP) is 1.44. The van der Waals surface area contributed by atoms with E-state index in [0.717, 1.165) is 31.2 Å². The number of amides is 5. The highest BCUT2D eigenvalue weighted by Gasteiger charge is 2.22. The lowest BCUT2D eigenvalue weighted by molar-refractivity contribution is -0.131. The maximum absolute atomic E-state index is 12.8. The van der Waals surface area contributed by atoms with Gasteiger partial charge in [-0.1, -0.05) is 77.3 Å². The van der Waals surface area contributed by atoms with Gasteiger partial charge in [0.25, 0.3) is 0 Å². The Hall–Kier alpha value is -3.43. The molecule has 38 heavy (non-hydrogen) atoms. The predicted molar refractivity (Wildman–Crippen MR) is 147 cm³/mol. The topological polar surface area (TPSA) is 146 Å². The SMILES string of the molecule is CC(C)CCCCCC(=O)NCC(=O)NCC(=O)NC(Cc1ccccc1)C(=O)NCC(=O)NCC(C)C. The summed E-state index contributed by atoms with van der Waals surface area (Å²) < 4.78 is 0. The molecule has 1 unspecified atom stereocenters. The second-order valence-corrected chi connectivity index (χ2v) is 10.3. The van der Waals surface area contributed by atoms with Crippen molar-refractivity contribution in [3.8, 4) is 0 Å². The van der Waals surface area contributed by atoms with Crippen molar-refractivity contribution in [3.05, 3.63) is 35.9 Å². The molecule has 0 aliphatic carbocycles. The van der Waals surface area contributed by atoms with Crippen molar-refractivity contribution in [1.82, 2.24) is 26.6 Å². The number of hydrogen-bond acceptors (Lipinski definition) is 5. The monoisotopic (exact) mass is 531 g/mol. The third-order valence-electron chi connectivity index (χ3n) is 5.64. The number of hydrogen-bond donors (Lipinski definition) is 5. The summed E-state index contributed by atoms with van der Waals surface area (Å²) in [6.07, 6.45) is 4.53. The normalized spacial score (nSPS) is 11.5. The van der Waals surface area contributed by atoms with Crippen LogP contribution in [0.1, 0.15) is 65.4 Å². The van der Waals surface area contributed by atoms with Crippen molar-refractivity contribution >= 4 is 29.5 Å². The summed E-state index contributed by atoms with van der Waals surface area (Å²) in [5, 5.41) is 12.9. The van der Waals surface area contributed by atoms with E-state index in [9.17, 15) is 24.0 Å². The quantitative estimate of drug-likeness (QED) is 0.182. The third-order valence-corrected chi connectivity index (χ3v) is 5.64. The summed E-state index contributed by atoms with van der Waals surface area (Å²) in [6.45, 7) is 7.98. The molecule has 1 aromatic carbocycles.